The molecule has 1 aromatic rings. The number of rotatable bonds is 3. The van der Waals surface area contributed by atoms with E-state index in [-0.39, 0.29) is 24.4 Å². The van der Waals surface area contributed by atoms with Gasteiger partial charge in [-0.2, -0.15) is 0 Å². The van der Waals surface area contributed by atoms with E-state index >= 15 is 0 Å². The zero-order chi connectivity index (χ0) is 12.4. The normalized spacial score (nSPS) is 22.5. The molecule has 2 amide bonds. The van der Waals surface area contributed by atoms with Crippen molar-refractivity contribution in [2.75, 3.05) is 6.54 Å². The molecule has 17 heavy (non-hydrogen) atoms. The van der Waals surface area contributed by atoms with Crippen LogP contribution in [0.3, 0.4) is 0 Å². The van der Waals surface area contributed by atoms with Crippen LogP contribution in [0.4, 0.5) is 0 Å². The van der Waals surface area contributed by atoms with Crippen LogP contribution in [-0.4, -0.2) is 34.3 Å². The highest BCUT2D eigenvalue weighted by Gasteiger charge is 2.35. The summed E-state index contributed by atoms with van der Waals surface area (Å²) in [7, 11) is 0. The molecular formula is C11H15N3O2S. The first-order chi connectivity index (χ1) is 8.13. The van der Waals surface area contributed by atoms with Crippen LogP contribution in [0.1, 0.15) is 31.3 Å². The second-order valence-electron chi connectivity index (χ2n) is 4.04. The van der Waals surface area contributed by atoms with E-state index in [1.807, 2.05) is 19.2 Å². The molecule has 2 atom stereocenters. The molecule has 0 radical (unpaired) electrons. The molecule has 0 saturated carbocycles. The summed E-state index contributed by atoms with van der Waals surface area (Å²) < 4.78 is 0. The highest BCUT2D eigenvalue weighted by atomic mass is 32.1. The molecule has 1 aliphatic rings. The Labute approximate surface area is 104 Å². The first-order valence-corrected chi connectivity index (χ1v) is 6.50. The standard InChI is InChI=1S/C11H15N3O2S/c1-3-8-11(16)14(6-9(15)13-8)7(2)10-12-4-5-17-10/h4-5,7-8H,3,6H2,1-2H3,(H,13,15). The van der Waals surface area contributed by atoms with E-state index in [0.717, 1.165) is 5.01 Å². The minimum absolute atomic E-state index is 0.0187. The van der Waals surface area contributed by atoms with E-state index in [2.05, 4.69) is 10.3 Å². The Hall–Kier alpha value is -1.43. The monoisotopic (exact) mass is 253 g/mol. The number of nitrogens with one attached hydrogen (secondary N) is 1. The number of amides is 2. The summed E-state index contributed by atoms with van der Waals surface area (Å²) in [5.74, 6) is -0.116. The molecule has 2 rings (SSSR count). The number of carbonyl (C=O) groups excluding carboxylic acids is 2. The Kier molecular flexibility index (Phi) is 3.42. The fourth-order valence-corrected chi connectivity index (χ4v) is 2.62. The maximum Gasteiger partial charge on any atom is 0.246 e. The van der Waals surface area contributed by atoms with Crippen molar-refractivity contribution in [3.63, 3.8) is 0 Å². The number of aromatic nitrogens is 1. The fraction of sp³-hybridized carbons (Fsp3) is 0.545. The third-order valence-electron chi connectivity index (χ3n) is 2.91. The molecule has 1 fully saturated rings. The summed E-state index contributed by atoms with van der Waals surface area (Å²) in [4.78, 5) is 29.5. The topological polar surface area (TPSA) is 62.3 Å². The lowest BCUT2D eigenvalue weighted by Crippen LogP contribution is -2.58. The molecule has 1 aliphatic heterocycles. The zero-order valence-electron chi connectivity index (χ0n) is 9.84. The number of thiazole rings is 1. The van der Waals surface area contributed by atoms with Crippen molar-refractivity contribution < 1.29 is 9.59 Å². The summed E-state index contributed by atoms with van der Waals surface area (Å²) in [6.45, 7) is 3.92. The molecule has 0 aromatic carbocycles. The summed E-state index contributed by atoms with van der Waals surface area (Å²) in [5, 5.41) is 5.44. The lowest BCUT2D eigenvalue weighted by Gasteiger charge is -2.35. The highest BCUT2D eigenvalue weighted by molar-refractivity contribution is 7.09. The largest absolute Gasteiger partial charge is 0.343 e. The molecule has 1 saturated heterocycles. The van der Waals surface area contributed by atoms with Gasteiger partial charge < -0.3 is 10.2 Å². The van der Waals surface area contributed by atoms with E-state index in [0.29, 0.717) is 6.42 Å². The molecular weight excluding hydrogens is 238 g/mol. The first kappa shape index (κ1) is 12.0. The van der Waals surface area contributed by atoms with Crippen LogP contribution in [0.2, 0.25) is 0 Å². The molecule has 1 N–H and O–H groups in total. The molecule has 2 unspecified atom stereocenters. The van der Waals surface area contributed by atoms with Crippen LogP contribution in [0, 0.1) is 0 Å². The fourth-order valence-electron chi connectivity index (χ4n) is 1.91. The molecule has 92 valence electrons. The second-order valence-corrected chi connectivity index (χ2v) is 4.97. The number of piperazine rings is 1. The van der Waals surface area contributed by atoms with Crippen LogP contribution in [0.25, 0.3) is 0 Å². The van der Waals surface area contributed by atoms with Gasteiger partial charge in [0, 0.05) is 11.6 Å². The van der Waals surface area contributed by atoms with Gasteiger partial charge in [0.2, 0.25) is 11.8 Å². The van der Waals surface area contributed by atoms with Crippen molar-refractivity contribution in [3.05, 3.63) is 16.6 Å². The first-order valence-electron chi connectivity index (χ1n) is 5.62. The predicted molar refractivity (Wildman–Crippen MR) is 64.5 cm³/mol. The number of carbonyl (C=O) groups is 2. The Morgan fingerprint density at radius 2 is 2.41 bits per heavy atom. The molecule has 0 bridgehead atoms. The van der Waals surface area contributed by atoms with E-state index in [1.165, 1.54) is 11.3 Å². The molecule has 0 spiro atoms. The van der Waals surface area contributed by atoms with Crippen molar-refractivity contribution in [2.45, 2.75) is 32.4 Å². The van der Waals surface area contributed by atoms with Gasteiger partial charge in [-0.1, -0.05) is 6.92 Å². The Bertz CT molecular complexity index is 418. The maximum atomic E-state index is 12.1. The van der Waals surface area contributed by atoms with Crippen LogP contribution >= 0.6 is 11.3 Å². The van der Waals surface area contributed by atoms with Crippen LogP contribution < -0.4 is 5.32 Å². The summed E-state index contributed by atoms with van der Waals surface area (Å²) in [6.07, 6.45) is 2.33. The van der Waals surface area contributed by atoms with E-state index < -0.39 is 6.04 Å². The van der Waals surface area contributed by atoms with Crippen LogP contribution in [0.5, 0.6) is 0 Å². The average molecular weight is 253 g/mol. The Balaban J connectivity index is 2.19. The SMILES string of the molecule is CCC1NC(=O)CN(C(C)c2nccs2)C1=O. The molecule has 6 heteroatoms. The predicted octanol–water partition coefficient (Wildman–Crippen LogP) is 0.941. The maximum absolute atomic E-state index is 12.1. The summed E-state index contributed by atoms with van der Waals surface area (Å²) in [5.41, 5.74) is 0. The minimum atomic E-state index is -0.390. The minimum Gasteiger partial charge on any atom is -0.343 e. The van der Waals surface area contributed by atoms with Gasteiger partial charge in [-0.3, -0.25) is 9.59 Å². The van der Waals surface area contributed by atoms with Gasteiger partial charge in [0.1, 0.15) is 17.6 Å². The van der Waals surface area contributed by atoms with Gasteiger partial charge in [0.15, 0.2) is 0 Å². The van der Waals surface area contributed by atoms with Gasteiger partial charge in [0.25, 0.3) is 0 Å². The third kappa shape index (κ3) is 2.31. The summed E-state index contributed by atoms with van der Waals surface area (Å²) >= 11 is 1.50. The number of hydrogen-bond donors (Lipinski definition) is 1. The van der Waals surface area contributed by atoms with Crippen molar-refractivity contribution in [1.82, 2.24) is 15.2 Å². The van der Waals surface area contributed by atoms with E-state index in [9.17, 15) is 9.59 Å². The van der Waals surface area contributed by atoms with Crippen molar-refractivity contribution in [3.8, 4) is 0 Å². The zero-order valence-corrected chi connectivity index (χ0v) is 10.7. The third-order valence-corrected chi connectivity index (χ3v) is 3.86. The molecule has 5 nitrogen and oxygen atoms in total. The van der Waals surface area contributed by atoms with Gasteiger partial charge in [-0.25, -0.2) is 4.98 Å². The average Bonchev–Trinajstić information content (AvgIpc) is 2.84. The van der Waals surface area contributed by atoms with Crippen molar-refractivity contribution in [1.29, 1.82) is 0 Å². The molecule has 1 aromatic heterocycles. The van der Waals surface area contributed by atoms with Gasteiger partial charge in [-0.15, -0.1) is 11.3 Å². The molecule has 0 aliphatic carbocycles. The summed E-state index contributed by atoms with van der Waals surface area (Å²) in [6, 6.07) is -0.527. The highest BCUT2D eigenvalue weighted by Crippen LogP contribution is 2.24. The van der Waals surface area contributed by atoms with Gasteiger partial charge in [0.05, 0.1) is 6.04 Å². The lowest BCUT2D eigenvalue weighted by atomic mass is 10.1. The van der Waals surface area contributed by atoms with Crippen molar-refractivity contribution in [2.24, 2.45) is 0 Å². The van der Waals surface area contributed by atoms with Crippen LogP contribution in [0.15, 0.2) is 11.6 Å². The quantitative estimate of drug-likeness (QED) is 0.872. The second kappa shape index (κ2) is 4.83. The Morgan fingerprint density at radius 3 is 3.00 bits per heavy atom. The van der Waals surface area contributed by atoms with Crippen molar-refractivity contribution >= 4 is 23.2 Å². The number of hydrogen-bond acceptors (Lipinski definition) is 4. The van der Waals surface area contributed by atoms with E-state index in [4.69, 9.17) is 0 Å². The molecule has 2 heterocycles. The number of nitrogens with zero attached hydrogens (tertiary/aromatic N) is 2. The smallest absolute Gasteiger partial charge is 0.246 e. The Morgan fingerprint density at radius 1 is 1.65 bits per heavy atom. The van der Waals surface area contributed by atoms with Crippen LogP contribution in [-0.2, 0) is 9.59 Å². The van der Waals surface area contributed by atoms with Gasteiger partial charge >= 0.3 is 0 Å². The lowest BCUT2D eigenvalue weighted by molar-refractivity contribution is -0.146. The van der Waals surface area contributed by atoms with E-state index in [1.54, 1.807) is 11.1 Å². The van der Waals surface area contributed by atoms with Gasteiger partial charge in [-0.05, 0) is 13.3 Å².